The highest BCUT2D eigenvalue weighted by Crippen LogP contribution is 2.39. The quantitative estimate of drug-likeness (QED) is 0.768. The van der Waals surface area contributed by atoms with Gasteiger partial charge in [-0.1, -0.05) is 43.3 Å². The van der Waals surface area contributed by atoms with Crippen molar-refractivity contribution in [3.05, 3.63) is 48.6 Å². The third-order valence-corrected chi connectivity index (χ3v) is 3.30. The molecule has 0 amide bonds. The molecule has 0 radical (unpaired) electrons. The van der Waals surface area contributed by atoms with E-state index in [0.29, 0.717) is 6.42 Å². The Balaban J connectivity index is 3.16. The van der Waals surface area contributed by atoms with Crippen LogP contribution in [0.5, 0.6) is 0 Å². The molecule has 0 saturated carbocycles. The van der Waals surface area contributed by atoms with Gasteiger partial charge in [-0.3, -0.25) is 4.79 Å². The van der Waals surface area contributed by atoms with Gasteiger partial charge in [0.1, 0.15) is 0 Å². The summed E-state index contributed by atoms with van der Waals surface area (Å²) in [4.78, 5) is 11.4. The maximum Gasteiger partial charge on any atom is 0.310 e. The van der Waals surface area contributed by atoms with Gasteiger partial charge in [-0.25, -0.2) is 0 Å². The van der Waals surface area contributed by atoms with Crippen LogP contribution in [0.3, 0.4) is 0 Å². The lowest BCUT2D eigenvalue weighted by molar-refractivity contribution is -0.148. The molecule has 0 aromatic heterocycles. The molecule has 0 spiro atoms. The van der Waals surface area contributed by atoms with E-state index < -0.39 is 11.4 Å². The second kappa shape index (κ2) is 4.97. The van der Waals surface area contributed by atoms with Gasteiger partial charge >= 0.3 is 5.97 Å². The Bertz CT molecular complexity index is 370. The normalized spacial score (nSPS) is 16.1. The van der Waals surface area contributed by atoms with E-state index in [4.69, 9.17) is 0 Å². The van der Waals surface area contributed by atoms with E-state index in [1.807, 2.05) is 37.3 Å². The predicted molar refractivity (Wildman–Crippen MR) is 65.4 cm³/mol. The number of hydrogen-bond acceptors (Lipinski definition) is 1. The van der Waals surface area contributed by atoms with Crippen molar-refractivity contribution in [2.75, 3.05) is 0 Å². The maximum absolute atomic E-state index is 11.4. The van der Waals surface area contributed by atoms with Crippen molar-refractivity contribution < 1.29 is 9.90 Å². The predicted octanol–water partition coefficient (Wildman–Crippen LogP) is 3.46. The number of carboxylic acids is 1. The van der Waals surface area contributed by atoms with Crippen molar-refractivity contribution in [2.24, 2.45) is 5.41 Å². The molecule has 1 aromatic rings. The molecule has 0 saturated heterocycles. The summed E-state index contributed by atoms with van der Waals surface area (Å²) < 4.78 is 0. The van der Waals surface area contributed by atoms with Gasteiger partial charge in [0.05, 0.1) is 5.41 Å². The molecular formula is C14H18O2. The average molecular weight is 218 g/mol. The fraction of sp³-hybridized carbons (Fsp3) is 0.357. The summed E-state index contributed by atoms with van der Waals surface area (Å²) in [6.07, 6.45) is 2.31. The molecule has 0 heterocycles. The second-order valence-corrected chi connectivity index (χ2v) is 4.20. The molecule has 2 unspecified atom stereocenters. The summed E-state index contributed by atoms with van der Waals surface area (Å²) in [5.41, 5.74) is 0.215. The molecule has 0 aliphatic rings. The fourth-order valence-corrected chi connectivity index (χ4v) is 1.93. The standard InChI is InChI=1S/C14H18O2/c1-4-12(11-9-7-6-8-10-11)14(3,5-2)13(15)16/h4,6-10,12H,1,5H2,2-3H3,(H,15,16). The minimum absolute atomic E-state index is 0.156. The topological polar surface area (TPSA) is 37.3 Å². The van der Waals surface area contributed by atoms with Gasteiger partial charge in [0.15, 0.2) is 0 Å². The summed E-state index contributed by atoms with van der Waals surface area (Å²) >= 11 is 0. The Morgan fingerprint density at radius 2 is 2.06 bits per heavy atom. The van der Waals surface area contributed by atoms with Crippen LogP contribution in [0.1, 0.15) is 31.7 Å². The Morgan fingerprint density at radius 1 is 1.50 bits per heavy atom. The van der Waals surface area contributed by atoms with Crippen molar-refractivity contribution in [3.8, 4) is 0 Å². The van der Waals surface area contributed by atoms with Gasteiger partial charge in [-0.2, -0.15) is 0 Å². The molecule has 0 aliphatic carbocycles. The first-order chi connectivity index (χ1) is 7.56. The third kappa shape index (κ3) is 2.16. The van der Waals surface area contributed by atoms with Crippen LogP contribution in [0.15, 0.2) is 43.0 Å². The number of rotatable bonds is 5. The summed E-state index contributed by atoms with van der Waals surface area (Å²) in [7, 11) is 0. The molecule has 0 bridgehead atoms. The highest BCUT2D eigenvalue weighted by Gasteiger charge is 2.38. The molecule has 1 aromatic carbocycles. The van der Waals surface area contributed by atoms with E-state index >= 15 is 0 Å². The van der Waals surface area contributed by atoms with Crippen LogP contribution >= 0.6 is 0 Å². The Morgan fingerprint density at radius 3 is 2.44 bits per heavy atom. The molecule has 2 heteroatoms. The molecule has 0 aliphatic heterocycles. The smallest absolute Gasteiger partial charge is 0.310 e. The number of hydrogen-bond donors (Lipinski definition) is 1. The summed E-state index contributed by atoms with van der Waals surface area (Å²) in [5, 5.41) is 9.35. The minimum atomic E-state index is -0.789. The van der Waals surface area contributed by atoms with E-state index in [0.717, 1.165) is 5.56 Å². The monoisotopic (exact) mass is 218 g/mol. The van der Waals surface area contributed by atoms with Crippen LogP contribution in [0.2, 0.25) is 0 Å². The molecule has 1 N–H and O–H groups in total. The van der Waals surface area contributed by atoms with E-state index in [2.05, 4.69) is 6.58 Å². The first-order valence-electron chi connectivity index (χ1n) is 5.47. The van der Waals surface area contributed by atoms with Crippen LogP contribution in [-0.4, -0.2) is 11.1 Å². The highest BCUT2D eigenvalue weighted by atomic mass is 16.4. The van der Waals surface area contributed by atoms with Crippen LogP contribution in [0.4, 0.5) is 0 Å². The zero-order chi connectivity index (χ0) is 12.2. The lowest BCUT2D eigenvalue weighted by atomic mass is 9.71. The van der Waals surface area contributed by atoms with Crippen molar-refractivity contribution in [2.45, 2.75) is 26.2 Å². The molecule has 86 valence electrons. The lowest BCUT2D eigenvalue weighted by Gasteiger charge is -2.31. The summed E-state index contributed by atoms with van der Waals surface area (Å²) in [6, 6.07) is 9.66. The molecule has 2 atom stereocenters. The fourth-order valence-electron chi connectivity index (χ4n) is 1.93. The zero-order valence-electron chi connectivity index (χ0n) is 9.81. The lowest BCUT2D eigenvalue weighted by Crippen LogP contribution is -2.32. The Hall–Kier alpha value is -1.57. The van der Waals surface area contributed by atoms with Crippen LogP contribution < -0.4 is 0 Å². The maximum atomic E-state index is 11.4. The average Bonchev–Trinajstić information content (AvgIpc) is 2.30. The first kappa shape index (κ1) is 12.5. The number of carbonyl (C=O) groups is 1. The summed E-state index contributed by atoms with van der Waals surface area (Å²) in [5.74, 6) is -0.931. The van der Waals surface area contributed by atoms with Gasteiger partial charge < -0.3 is 5.11 Å². The van der Waals surface area contributed by atoms with Gasteiger partial charge in [-0.05, 0) is 18.9 Å². The number of aliphatic carboxylic acids is 1. The summed E-state index contributed by atoms with van der Waals surface area (Å²) in [6.45, 7) is 7.44. The largest absolute Gasteiger partial charge is 0.481 e. The number of allylic oxidation sites excluding steroid dienone is 1. The van der Waals surface area contributed by atoms with Gasteiger partial charge in [0, 0.05) is 5.92 Å². The first-order valence-corrected chi connectivity index (χ1v) is 5.47. The van der Waals surface area contributed by atoms with Gasteiger partial charge in [0.25, 0.3) is 0 Å². The number of carboxylic acid groups (broad SMARTS) is 1. The van der Waals surface area contributed by atoms with Gasteiger partial charge in [-0.15, -0.1) is 6.58 Å². The molecule has 16 heavy (non-hydrogen) atoms. The second-order valence-electron chi connectivity index (χ2n) is 4.20. The van der Waals surface area contributed by atoms with E-state index in [1.165, 1.54) is 0 Å². The van der Waals surface area contributed by atoms with E-state index in [1.54, 1.807) is 13.0 Å². The molecule has 1 rings (SSSR count). The van der Waals surface area contributed by atoms with Crippen LogP contribution in [0, 0.1) is 5.41 Å². The van der Waals surface area contributed by atoms with Crippen molar-refractivity contribution >= 4 is 5.97 Å². The van der Waals surface area contributed by atoms with Crippen molar-refractivity contribution in [3.63, 3.8) is 0 Å². The van der Waals surface area contributed by atoms with Crippen molar-refractivity contribution in [1.82, 2.24) is 0 Å². The minimum Gasteiger partial charge on any atom is -0.481 e. The van der Waals surface area contributed by atoms with E-state index in [-0.39, 0.29) is 5.92 Å². The van der Waals surface area contributed by atoms with Crippen molar-refractivity contribution in [1.29, 1.82) is 0 Å². The SMILES string of the molecule is C=CC(c1ccccc1)C(C)(CC)C(=O)O. The molecule has 0 fully saturated rings. The number of benzene rings is 1. The Kier molecular flexibility index (Phi) is 3.88. The molecule has 2 nitrogen and oxygen atoms in total. The zero-order valence-corrected chi connectivity index (χ0v) is 9.81. The van der Waals surface area contributed by atoms with Crippen LogP contribution in [-0.2, 0) is 4.79 Å². The Labute approximate surface area is 96.6 Å². The highest BCUT2D eigenvalue weighted by molar-refractivity contribution is 5.76. The van der Waals surface area contributed by atoms with E-state index in [9.17, 15) is 9.90 Å². The third-order valence-electron chi connectivity index (χ3n) is 3.30. The molecular weight excluding hydrogens is 200 g/mol. The van der Waals surface area contributed by atoms with Gasteiger partial charge in [0.2, 0.25) is 0 Å². The van der Waals surface area contributed by atoms with Crippen LogP contribution in [0.25, 0.3) is 0 Å².